The van der Waals surface area contributed by atoms with Crippen LogP contribution in [-0.4, -0.2) is 158 Å². The largest absolute Gasteiger partial charge is 0.385 e. The number of rotatable bonds is 17. The number of nitrogens with one attached hydrogen (secondary N) is 3. The number of carbonyl (C=O) groups excluding carboxylic acids is 3. The van der Waals surface area contributed by atoms with E-state index in [0.29, 0.717) is 19.5 Å². The van der Waals surface area contributed by atoms with E-state index in [-0.39, 0.29) is 43.0 Å². The number of hydrogen-bond acceptors (Lipinski definition) is 12. The molecule has 9 rings (SSSR count). The summed E-state index contributed by atoms with van der Waals surface area (Å²) < 4.78 is 0. The quantitative estimate of drug-likeness (QED) is 0.0233. The van der Waals surface area contributed by atoms with E-state index in [1.807, 2.05) is 91.7 Å². The van der Waals surface area contributed by atoms with Gasteiger partial charge in [0.25, 0.3) is 11.8 Å². The molecular formula is C57H73ClN14O3. The van der Waals surface area contributed by atoms with E-state index in [1.165, 1.54) is 22.3 Å². The highest BCUT2D eigenvalue weighted by molar-refractivity contribution is 6.28. The van der Waals surface area contributed by atoms with Crippen LogP contribution >= 0.6 is 11.6 Å². The van der Waals surface area contributed by atoms with Crippen LogP contribution in [0, 0.1) is 0 Å². The number of amides is 3. The molecule has 0 spiro atoms. The highest BCUT2D eigenvalue weighted by Gasteiger charge is 2.30. The van der Waals surface area contributed by atoms with Crippen molar-refractivity contribution in [3.63, 3.8) is 0 Å². The molecule has 2 atom stereocenters. The number of nitrogens with zero attached hydrogens (tertiary/aromatic N) is 10. The van der Waals surface area contributed by atoms with Gasteiger partial charge in [0, 0.05) is 124 Å². The standard InChI is InChI=1S/C28H33N7O.C25H30N4O.C3H6ClN3O.CH4/c1-3-34(4-2)28(36)23-12-10-22(11-13-23)27(24-9-5-7-21-8-6-14-29-26(21)24)35-17-15-33(16-18-35)19-25-30-20-31-32-25;1-3-28(4-2)25(30)21-12-10-20(11-13-21)24(29-17-15-26-16-18-29)22-9-5-7-19-8-6-14-27-23(19)22;4-1-3(5)7-6-2-8;/h5-14,20,27H,3-4,15-19H2,1-2H3,(H,30,31,32);5-14,24,26H,3-4,15-18H2,1-2H3;2H,1H2,(H2,5,7)(H,6,8);1H4. The van der Waals surface area contributed by atoms with Gasteiger partial charge in [-0.05, 0) is 75.2 Å². The Balaban J connectivity index is 0.000000213. The molecule has 396 valence electrons. The Morgan fingerprint density at radius 2 is 1.15 bits per heavy atom. The van der Waals surface area contributed by atoms with E-state index < -0.39 is 0 Å². The van der Waals surface area contributed by atoms with Crippen LogP contribution in [0.15, 0.2) is 133 Å². The van der Waals surface area contributed by atoms with Crippen LogP contribution in [0.3, 0.4) is 0 Å². The van der Waals surface area contributed by atoms with E-state index in [2.05, 4.69) is 113 Å². The van der Waals surface area contributed by atoms with E-state index in [9.17, 15) is 14.4 Å². The van der Waals surface area contributed by atoms with Gasteiger partial charge < -0.3 is 20.9 Å². The number of pyridine rings is 2. The summed E-state index contributed by atoms with van der Waals surface area (Å²) in [7, 11) is 0. The maximum atomic E-state index is 12.9. The summed E-state index contributed by atoms with van der Waals surface area (Å²) in [5.41, 5.74) is 15.4. The second kappa shape index (κ2) is 29.1. The lowest BCUT2D eigenvalue weighted by Crippen LogP contribution is -2.47. The number of amidine groups is 1. The number of aromatic amines is 1. The van der Waals surface area contributed by atoms with Crippen molar-refractivity contribution in [1.82, 2.24) is 60.4 Å². The molecule has 2 unspecified atom stereocenters. The van der Waals surface area contributed by atoms with Gasteiger partial charge in [-0.25, -0.2) is 10.4 Å². The molecule has 2 aliphatic heterocycles. The number of H-pyrrole nitrogens is 1. The Labute approximate surface area is 446 Å². The average molecular weight is 1040 g/mol. The number of hydrogen-bond donors (Lipinski definition) is 4. The summed E-state index contributed by atoms with van der Waals surface area (Å²) >= 11 is 5.18. The van der Waals surface area contributed by atoms with Gasteiger partial charge in [-0.3, -0.25) is 44.1 Å². The molecule has 5 heterocycles. The van der Waals surface area contributed by atoms with Gasteiger partial charge in [0.2, 0.25) is 6.41 Å². The lowest BCUT2D eigenvalue weighted by molar-refractivity contribution is -0.109. The molecule has 0 aliphatic carbocycles. The Bertz CT molecular complexity index is 2870. The summed E-state index contributed by atoms with van der Waals surface area (Å²) in [6.07, 6.45) is 5.71. The predicted octanol–water partition coefficient (Wildman–Crippen LogP) is 7.33. The highest BCUT2D eigenvalue weighted by Crippen LogP contribution is 2.35. The number of piperazine rings is 2. The fourth-order valence-corrected chi connectivity index (χ4v) is 9.71. The van der Waals surface area contributed by atoms with E-state index in [1.54, 1.807) is 6.33 Å². The second-order valence-corrected chi connectivity index (χ2v) is 18.1. The van der Waals surface area contributed by atoms with E-state index in [4.69, 9.17) is 27.3 Å². The first kappa shape index (κ1) is 57.1. The van der Waals surface area contributed by atoms with Gasteiger partial charge in [-0.15, -0.1) is 11.6 Å². The van der Waals surface area contributed by atoms with Crippen molar-refractivity contribution < 1.29 is 14.4 Å². The van der Waals surface area contributed by atoms with E-state index in [0.717, 1.165) is 111 Å². The monoisotopic (exact) mass is 1040 g/mol. The van der Waals surface area contributed by atoms with Gasteiger partial charge in [0.15, 0.2) is 0 Å². The van der Waals surface area contributed by atoms with Crippen molar-refractivity contribution in [2.75, 3.05) is 84.4 Å². The zero-order chi connectivity index (χ0) is 52.2. The Morgan fingerprint density at radius 3 is 1.57 bits per heavy atom. The molecule has 3 amide bonds. The molecule has 0 bridgehead atoms. The number of nitrogens with two attached hydrogens (primary N) is 1. The van der Waals surface area contributed by atoms with Gasteiger partial charge in [-0.2, -0.15) is 10.2 Å². The molecule has 3 aromatic heterocycles. The van der Waals surface area contributed by atoms with Gasteiger partial charge >= 0.3 is 0 Å². The van der Waals surface area contributed by atoms with Crippen molar-refractivity contribution in [2.24, 2.45) is 10.8 Å². The Kier molecular flexibility index (Phi) is 22.1. The van der Waals surface area contributed by atoms with Crippen molar-refractivity contribution in [3.05, 3.63) is 167 Å². The molecule has 18 heteroatoms. The molecule has 4 aromatic carbocycles. The van der Waals surface area contributed by atoms with Crippen LogP contribution in [0.1, 0.15) is 96.0 Å². The minimum atomic E-state index is 0. The number of halogens is 1. The molecular weight excluding hydrogens is 964 g/mol. The highest BCUT2D eigenvalue weighted by atomic mass is 35.5. The number of para-hydroxylation sites is 2. The first-order chi connectivity index (χ1) is 36.2. The lowest BCUT2D eigenvalue weighted by atomic mass is 9.93. The summed E-state index contributed by atoms with van der Waals surface area (Å²) in [4.78, 5) is 60.0. The van der Waals surface area contributed by atoms with Crippen molar-refractivity contribution in [2.45, 2.75) is 53.8 Å². The second-order valence-electron chi connectivity index (χ2n) is 17.9. The third kappa shape index (κ3) is 14.8. The first-order valence-corrected chi connectivity index (χ1v) is 26.0. The normalized spacial score (nSPS) is 15.0. The number of hydrazone groups is 1. The zero-order valence-corrected chi connectivity index (χ0v) is 43.7. The van der Waals surface area contributed by atoms with Crippen molar-refractivity contribution >= 4 is 57.5 Å². The van der Waals surface area contributed by atoms with Crippen LogP contribution in [-0.2, 0) is 11.3 Å². The molecule has 2 aliphatic rings. The van der Waals surface area contributed by atoms with Crippen LogP contribution in [0.4, 0.5) is 0 Å². The first-order valence-electron chi connectivity index (χ1n) is 25.5. The smallest absolute Gasteiger partial charge is 0.253 e. The lowest BCUT2D eigenvalue weighted by Gasteiger charge is -2.39. The molecule has 0 radical (unpaired) electrons. The van der Waals surface area contributed by atoms with Gasteiger partial charge in [0.05, 0.1) is 35.5 Å². The fourth-order valence-electron chi connectivity index (χ4n) is 9.65. The SMILES string of the molecule is C.CCN(CC)C(=O)c1ccc(C(c2cccc3cccnc23)N2CCN(Cc3ncn[nH]3)CC2)cc1.CCN(CC)C(=O)c1ccc(C(c2cccc3cccnc23)N2CCNCC2)cc1.N/C(CCl)=N\NC=O. The predicted molar refractivity (Wildman–Crippen MR) is 301 cm³/mol. The maximum absolute atomic E-state index is 12.9. The maximum Gasteiger partial charge on any atom is 0.253 e. The topological polar surface area (TPSA) is 197 Å². The van der Waals surface area contributed by atoms with Gasteiger partial charge in [-0.1, -0.05) is 80.2 Å². The van der Waals surface area contributed by atoms with Crippen LogP contribution < -0.4 is 16.5 Å². The Hall–Kier alpha value is -7.15. The van der Waals surface area contributed by atoms with Crippen molar-refractivity contribution in [1.29, 1.82) is 0 Å². The van der Waals surface area contributed by atoms with Gasteiger partial charge in [0.1, 0.15) is 18.0 Å². The molecule has 17 nitrogen and oxygen atoms in total. The molecule has 2 saturated heterocycles. The Morgan fingerprint density at radius 1 is 0.680 bits per heavy atom. The van der Waals surface area contributed by atoms with Crippen LogP contribution in [0.25, 0.3) is 21.8 Å². The minimum absolute atomic E-state index is 0. The zero-order valence-electron chi connectivity index (χ0n) is 42.9. The summed E-state index contributed by atoms with van der Waals surface area (Å²) in [6.45, 7) is 19.3. The fraction of sp³-hybridized carbons (Fsp3) is 0.368. The van der Waals surface area contributed by atoms with E-state index >= 15 is 0 Å². The summed E-state index contributed by atoms with van der Waals surface area (Å²) in [5, 5.41) is 16.0. The number of fused-ring (bicyclic) bond motifs is 2. The molecule has 0 saturated carbocycles. The summed E-state index contributed by atoms with van der Waals surface area (Å²) in [5.74, 6) is 1.39. The summed E-state index contributed by atoms with van der Waals surface area (Å²) in [6, 6.07) is 37.6. The molecule has 2 fully saturated rings. The number of aromatic nitrogens is 5. The third-order valence-corrected chi connectivity index (χ3v) is 13.8. The minimum Gasteiger partial charge on any atom is -0.385 e. The third-order valence-electron chi connectivity index (χ3n) is 13.5. The number of carbonyl (C=O) groups is 3. The molecule has 7 aromatic rings. The molecule has 5 N–H and O–H groups in total. The average Bonchev–Trinajstić information content (AvgIpc) is 3.98. The van der Waals surface area contributed by atoms with Crippen LogP contribution in [0.2, 0.25) is 0 Å². The van der Waals surface area contributed by atoms with Crippen LogP contribution in [0.5, 0.6) is 0 Å². The number of benzene rings is 4. The number of alkyl halides is 1. The molecule has 75 heavy (non-hydrogen) atoms. The van der Waals surface area contributed by atoms with Crippen molar-refractivity contribution in [3.8, 4) is 0 Å².